The van der Waals surface area contributed by atoms with Gasteiger partial charge in [-0.1, -0.05) is 36.8 Å². The predicted octanol–water partition coefficient (Wildman–Crippen LogP) is 3.82. The molecule has 0 aromatic carbocycles. The maximum atomic E-state index is 11.2. The van der Waals surface area contributed by atoms with Gasteiger partial charge in [-0.05, 0) is 12.3 Å². The van der Waals surface area contributed by atoms with Gasteiger partial charge in [0.25, 0.3) is 0 Å². The molecular formula is C11H11ClN2O2S2. The fraction of sp³-hybridized carbons (Fsp3) is 0.364. The third kappa shape index (κ3) is 2.88. The van der Waals surface area contributed by atoms with Crippen molar-refractivity contribution in [2.24, 2.45) is 5.92 Å². The molecule has 0 unspecified atom stereocenters. The van der Waals surface area contributed by atoms with Gasteiger partial charge >= 0.3 is 5.97 Å². The van der Waals surface area contributed by atoms with Crippen molar-refractivity contribution >= 4 is 40.2 Å². The van der Waals surface area contributed by atoms with Crippen LogP contribution in [-0.4, -0.2) is 21.0 Å². The minimum Gasteiger partial charge on any atom is -0.477 e. The molecule has 0 amide bonds. The lowest BCUT2D eigenvalue weighted by Crippen LogP contribution is -2.02. The van der Waals surface area contributed by atoms with Crippen molar-refractivity contribution in [1.29, 1.82) is 0 Å². The van der Waals surface area contributed by atoms with Gasteiger partial charge in [-0.3, -0.25) is 0 Å². The van der Waals surface area contributed by atoms with E-state index in [-0.39, 0.29) is 0 Å². The third-order valence-electron chi connectivity index (χ3n) is 2.15. The van der Waals surface area contributed by atoms with E-state index >= 15 is 0 Å². The predicted molar refractivity (Wildman–Crippen MR) is 73.7 cm³/mol. The average molecular weight is 303 g/mol. The molecule has 18 heavy (non-hydrogen) atoms. The Morgan fingerprint density at radius 2 is 2.17 bits per heavy atom. The van der Waals surface area contributed by atoms with E-state index < -0.39 is 5.97 Å². The minimum absolute atomic E-state index is 0.296. The molecule has 0 spiro atoms. The van der Waals surface area contributed by atoms with Gasteiger partial charge in [0.05, 0.1) is 11.9 Å². The number of nitrogens with zero attached hydrogens (tertiary/aromatic N) is 2. The number of hydrogen-bond donors (Lipinski definition) is 1. The molecule has 4 nitrogen and oxygen atoms in total. The van der Waals surface area contributed by atoms with Crippen molar-refractivity contribution in [1.82, 2.24) is 9.97 Å². The minimum atomic E-state index is -0.933. The summed E-state index contributed by atoms with van der Waals surface area (Å²) in [5.74, 6) is -0.574. The number of halogens is 1. The molecule has 0 aliphatic rings. The van der Waals surface area contributed by atoms with Gasteiger partial charge in [0.15, 0.2) is 10.0 Å². The fourth-order valence-corrected chi connectivity index (χ4v) is 3.36. The van der Waals surface area contributed by atoms with Gasteiger partial charge in [-0.2, -0.15) is 0 Å². The first kappa shape index (κ1) is 13.5. The largest absolute Gasteiger partial charge is 0.477 e. The Kier molecular flexibility index (Phi) is 3.99. The molecule has 0 fully saturated rings. The van der Waals surface area contributed by atoms with Crippen LogP contribution in [0.5, 0.6) is 0 Å². The molecule has 96 valence electrons. The van der Waals surface area contributed by atoms with E-state index in [0.29, 0.717) is 37.3 Å². The molecule has 0 bridgehead atoms. The summed E-state index contributed by atoms with van der Waals surface area (Å²) >= 11 is 8.28. The second kappa shape index (κ2) is 5.34. The van der Waals surface area contributed by atoms with Crippen molar-refractivity contribution in [3.8, 4) is 10.0 Å². The summed E-state index contributed by atoms with van der Waals surface area (Å²) in [6, 6.07) is 0. The topological polar surface area (TPSA) is 63.1 Å². The molecule has 0 saturated carbocycles. The Morgan fingerprint density at radius 1 is 1.44 bits per heavy atom. The molecule has 0 radical (unpaired) electrons. The molecule has 0 aliphatic heterocycles. The Labute approximate surface area is 117 Å². The first-order chi connectivity index (χ1) is 8.47. The molecule has 0 aliphatic carbocycles. The quantitative estimate of drug-likeness (QED) is 0.932. The Hall–Kier alpha value is -0.980. The van der Waals surface area contributed by atoms with Crippen molar-refractivity contribution in [2.75, 3.05) is 0 Å². The van der Waals surface area contributed by atoms with Gasteiger partial charge in [-0.25, -0.2) is 14.8 Å². The summed E-state index contributed by atoms with van der Waals surface area (Å²) in [7, 11) is 0. The summed E-state index contributed by atoms with van der Waals surface area (Å²) < 4.78 is 0.572. The lowest BCUT2D eigenvalue weighted by molar-refractivity contribution is 0.0700. The smallest absolute Gasteiger partial charge is 0.347 e. The SMILES string of the molecule is CC(C)Cc1nc(-c2ncc(Cl)s2)sc1C(=O)O. The second-order valence-electron chi connectivity index (χ2n) is 4.17. The highest BCUT2D eigenvalue weighted by Gasteiger charge is 2.20. The number of aromatic carboxylic acids is 1. The van der Waals surface area contributed by atoms with Crippen molar-refractivity contribution in [2.45, 2.75) is 20.3 Å². The summed E-state index contributed by atoms with van der Waals surface area (Å²) in [6.45, 7) is 4.07. The van der Waals surface area contributed by atoms with Crippen LogP contribution in [0.2, 0.25) is 4.34 Å². The normalized spacial score (nSPS) is 11.1. The van der Waals surface area contributed by atoms with Gasteiger partial charge in [0.1, 0.15) is 9.21 Å². The molecule has 2 aromatic rings. The summed E-state index contributed by atoms with van der Waals surface area (Å²) in [5.41, 5.74) is 0.629. The Balaban J connectivity index is 2.42. The number of rotatable bonds is 4. The first-order valence-electron chi connectivity index (χ1n) is 5.32. The van der Waals surface area contributed by atoms with Gasteiger partial charge in [-0.15, -0.1) is 11.3 Å². The maximum absolute atomic E-state index is 11.2. The van der Waals surface area contributed by atoms with Crippen LogP contribution >= 0.6 is 34.3 Å². The van der Waals surface area contributed by atoms with Gasteiger partial charge in [0.2, 0.25) is 0 Å². The van der Waals surface area contributed by atoms with Crippen molar-refractivity contribution in [3.63, 3.8) is 0 Å². The number of hydrogen-bond acceptors (Lipinski definition) is 5. The number of aromatic nitrogens is 2. The lowest BCUT2D eigenvalue weighted by Gasteiger charge is -2.01. The van der Waals surface area contributed by atoms with Crippen LogP contribution in [-0.2, 0) is 6.42 Å². The number of thiazole rings is 2. The highest BCUT2D eigenvalue weighted by Crippen LogP contribution is 2.33. The van der Waals surface area contributed by atoms with E-state index in [1.807, 2.05) is 13.8 Å². The summed E-state index contributed by atoms with van der Waals surface area (Å²) in [4.78, 5) is 20.0. The van der Waals surface area contributed by atoms with Crippen LogP contribution in [0.25, 0.3) is 10.0 Å². The first-order valence-corrected chi connectivity index (χ1v) is 7.33. The molecule has 0 saturated heterocycles. The zero-order valence-corrected chi connectivity index (χ0v) is 12.2. The molecule has 1 N–H and O–H groups in total. The average Bonchev–Trinajstić information content (AvgIpc) is 2.83. The lowest BCUT2D eigenvalue weighted by atomic mass is 10.1. The number of carboxylic acids is 1. The van der Waals surface area contributed by atoms with E-state index in [0.717, 1.165) is 11.3 Å². The van der Waals surface area contributed by atoms with Crippen LogP contribution in [0.4, 0.5) is 0 Å². The fourth-order valence-electron chi connectivity index (χ4n) is 1.49. The second-order valence-corrected chi connectivity index (χ2v) is 6.83. The molecule has 2 heterocycles. The van der Waals surface area contributed by atoms with Crippen molar-refractivity contribution < 1.29 is 9.90 Å². The monoisotopic (exact) mass is 302 g/mol. The molecule has 0 atom stereocenters. The van der Waals surface area contributed by atoms with E-state index in [1.165, 1.54) is 11.3 Å². The number of carbonyl (C=O) groups is 1. The Morgan fingerprint density at radius 3 is 2.67 bits per heavy atom. The number of carboxylic acid groups (broad SMARTS) is 1. The molecular weight excluding hydrogens is 292 g/mol. The highest BCUT2D eigenvalue weighted by molar-refractivity contribution is 7.24. The van der Waals surface area contributed by atoms with Crippen LogP contribution in [0, 0.1) is 5.92 Å². The third-order valence-corrected chi connectivity index (χ3v) is 4.50. The zero-order valence-electron chi connectivity index (χ0n) is 9.81. The van der Waals surface area contributed by atoms with Crippen LogP contribution in [0.1, 0.15) is 29.2 Å². The van der Waals surface area contributed by atoms with Gasteiger partial charge in [0, 0.05) is 0 Å². The van der Waals surface area contributed by atoms with E-state index in [1.54, 1.807) is 6.20 Å². The molecule has 7 heteroatoms. The molecule has 2 aromatic heterocycles. The standard InChI is InChI=1S/C11H11ClN2O2S2/c1-5(2)3-6-8(11(15)16)18-10(14-6)9-13-4-7(12)17-9/h4-5H,3H2,1-2H3,(H,15,16). The Bertz CT molecular complexity index is 577. The van der Waals surface area contributed by atoms with Gasteiger partial charge < -0.3 is 5.11 Å². The summed E-state index contributed by atoms with van der Waals surface area (Å²) in [5, 5.41) is 10.5. The van der Waals surface area contributed by atoms with Crippen molar-refractivity contribution in [3.05, 3.63) is 21.1 Å². The maximum Gasteiger partial charge on any atom is 0.347 e. The van der Waals surface area contributed by atoms with Crippen LogP contribution in [0.3, 0.4) is 0 Å². The van der Waals surface area contributed by atoms with E-state index in [9.17, 15) is 9.90 Å². The summed E-state index contributed by atoms with van der Waals surface area (Å²) in [6.07, 6.45) is 2.20. The highest BCUT2D eigenvalue weighted by atomic mass is 35.5. The van der Waals surface area contributed by atoms with Crippen LogP contribution < -0.4 is 0 Å². The molecule has 2 rings (SSSR count). The van der Waals surface area contributed by atoms with E-state index in [2.05, 4.69) is 9.97 Å². The van der Waals surface area contributed by atoms with E-state index in [4.69, 9.17) is 11.6 Å². The zero-order chi connectivity index (χ0) is 13.3. The van der Waals surface area contributed by atoms with Crippen LogP contribution in [0.15, 0.2) is 6.20 Å².